The van der Waals surface area contributed by atoms with Crippen LogP contribution in [0, 0.1) is 18.3 Å². The molecule has 0 heterocycles. The Bertz CT molecular complexity index is 759. The molecule has 1 rings (SSSR count). The Kier molecular flexibility index (Phi) is 10.4. The minimum absolute atomic E-state index is 0.0403. The Morgan fingerprint density at radius 1 is 1.00 bits per heavy atom. The van der Waals surface area contributed by atoms with Gasteiger partial charge >= 0.3 is 0 Å². The summed E-state index contributed by atoms with van der Waals surface area (Å²) < 4.78 is 0. The molecule has 0 spiro atoms. The summed E-state index contributed by atoms with van der Waals surface area (Å²) in [6.45, 7) is 7.43. The van der Waals surface area contributed by atoms with E-state index in [4.69, 9.17) is 5.41 Å². The first kappa shape index (κ1) is 25.0. The maximum atomic E-state index is 12.7. The molecule has 0 bridgehead atoms. The Balaban J connectivity index is 2.85. The normalized spacial score (nSPS) is 12.6. The van der Waals surface area contributed by atoms with Crippen molar-refractivity contribution in [3.63, 3.8) is 0 Å². The number of aryl methyl sites for hydroxylation is 1. The lowest BCUT2D eigenvalue weighted by Gasteiger charge is -2.23. The maximum absolute atomic E-state index is 12.7. The van der Waals surface area contributed by atoms with Crippen molar-refractivity contribution in [2.24, 2.45) is 5.92 Å². The highest BCUT2D eigenvalue weighted by atomic mass is 16.2. The van der Waals surface area contributed by atoms with Crippen LogP contribution in [0.25, 0.3) is 0 Å². The van der Waals surface area contributed by atoms with Crippen molar-refractivity contribution in [3.8, 4) is 0 Å². The van der Waals surface area contributed by atoms with Gasteiger partial charge in [-0.2, -0.15) is 0 Å². The molecule has 30 heavy (non-hydrogen) atoms. The Hall–Kier alpha value is -3.03. The fourth-order valence-electron chi connectivity index (χ4n) is 2.87. The third kappa shape index (κ3) is 9.45. The Morgan fingerprint density at radius 3 is 2.17 bits per heavy atom. The SMILES string of the molecule is CC(=O)N[C@@H](CC(C)C)C(=O)N[C@@H](CCC(=O)C=N)C(=O)NCc1ccc(C)cc1. The highest BCUT2D eigenvalue weighted by Gasteiger charge is 2.27. The lowest BCUT2D eigenvalue weighted by molar-refractivity contribution is -0.132. The molecule has 0 saturated carbocycles. The monoisotopic (exact) mass is 416 g/mol. The van der Waals surface area contributed by atoms with E-state index in [2.05, 4.69) is 16.0 Å². The van der Waals surface area contributed by atoms with Crippen molar-refractivity contribution >= 4 is 29.7 Å². The number of hydrogen-bond donors (Lipinski definition) is 4. The van der Waals surface area contributed by atoms with Gasteiger partial charge in [0.1, 0.15) is 12.1 Å². The standard InChI is InChI=1S/C22H32N4O4/c1-14(2)11-20(25-16(4)27)22(30)26-19(10-9-18(28)12-23)21(29)24-13-17-7-5-15(3)6-8-17/h5-8,12,14,19-20,23H,9-11,13H2,1-4H3,(H,24,29)(H,25,27)(H,26,30)/t19-,20-/m0/s1. The summed E-state index contributed by atoms with van der Waals surface area (Å²) in [6.07, 6.45) is 1.14. The average Bonchev–Trinajstić information content (AvgIpc) is 2.68. The summed E-state index contributed by atoms with van der Waals surface area (Å²) in [6, 6.07) is 5.96. The van der Waals surface area contributed by atoms with Crippen LogP contribution in [0.1, 0.15) is 51.2 Å². The summed E-state index contributed by atoms with van der Waals surface area (Å²) in [5, 5.41) is 15.1. The smallest absolute Gasteiger partial charge is 0.243 e. The molecule has 4 N–H and O–H groups in total. The fraction of sp³-hybridized carbons (Fsp3) is 0.500. The van der Waals surface area contributed by atoms with Crippen molar-refractivity contribution < 1.29 is 19.2 Å². The number of carbonyl (C=O) groups excluding carboxylic acids is 4. The van der Waals surface area contributed by atoms with Gasteiger partial charge in [0.25, 0.3) is 0 Å². The lowest BCUT2D eigenvalue weighted by atomic mass is 10.0. The van der Waals surface area contributed by atoms with Crippen LogP contribution in [0.5, 0.6) is 0 Å². The number of nitrogens with one attached hydrogen (secondary N) is 4. The summed E-state index contributed by atoms with van der Waals surface area (Å²) in [7, 11) is 0. The van der Waals surface area contributed by atoms with E-state index in [1.54, 1.807) is 0 Å². The van der Waals surface area contributed by atoms with E-state index >= 15 is 0 Å². The highest BCUT2D eigenvalue weighted by molar-refractivity contribution is 6.26. The van der Waals surface area contributed by atoms with Gasteiger partial charge in [-0.05, 0) is 31.2 Å². The molecular formula is C22H32N4O4. The molecular weight excluding hydrogens is 384 g/mol. The molecule has 8 heteroatoms. The van der Waals surface area contributed by atoms with Gasteiger partial charge in [-0.1, -0.05) is 43.7 Å². The molecule has 0 aliphatic carbocycles. The second-order valence-electron chi connectivity index (χ2n) is 7.80. The predicted octanol–water partition coefficient (Wildman–Crippen LogP) is 1.65. The van der Waals surface area contributed by atoms with Gasteiger partial charge in [0.15, 0.2) is 5.78 Å². The molecule has 2 atom stereocenters. The minimum atomic E-state index is -0.949. The zero-order valence-electron chi connectivity index (χ0n) is 18.1. The van der Waals surface area contributed by atoms with E-state index in [0.29, 0.717) is 12.6 Å². The molecule has 8 nitrogen and oxygen atoms in total. The fourth-order valence-corrected chi connectivity index (χ4v) is 2.87. The summed E-state index contributed by atoms with van der Waals surface area (Å²) in [5.74, 6) is -1.51. The number of carbonyl (C=O) groups is 4. The number of hydrogen-bond acceptors (Lipinski definition) is 5. The van der Waals surface area contributed by atoms with Crippen LogP contribution in [-0.4, -0.2) is 41.8 Å². The van der Waals surface area contributed by atoms with E-state index in [-0.39, 0.29) is 31.2 Å². The summed E-state index contributed by atoms with van der Waals surface area (Å²) in [5.41, 5.74) is 2.01. The van der Waals surface area contributed by atoms with Gasteiger partial charge in [-0.15, -0.1) is 0 Å². The second-order valence-corrected chi connectivity index (χ2v) is 7.80. The lowest BCUT2D eigenvalue weighted by Crippen LogP contribution is -2.53. The zero-order valence-corrected chi connectivity index (χ0v) is 18.1. The van der Waals surface area contributed by atoms with Gasteiger partial charge in [-0.3, -0.25) is 19.2 Å². The van der Waals surface area contributed by atoms with Crippen LogP contribution in [0.2, 0.25) is 0 Å². The van der Waals surface area contributed by atoms with E-state index in [1.807, 2.05) is 45.0 Å². The third-order valence-corrected chi connectivity index (χ3v) is 4.46. The number of Topliss-reactive ketones (excluding diaryl/α,β-unsaturated/α-hetero) is 1. The molecule has 1 aromatic rings. The molecule has 0 aliphatic heterocycles. The van der Waals surface area contributed by atoms with Crippen molar-refractivity contribution in [1.82, 2.24) is 16.0 Å². The number of benzene rings is 1. The molecule has 0 fully saturated rings. The van der Waals surface area contributed by atoms with Crippen molar-refractivity contribution in [3.05, 3.63) is 35.4 Å². The van der Waals surface area contributed by atoms with Crippen LogP contribution in [0.15, 0.2) is 24.3 Å². The van der Waals surface area contributed by atoms with Crippen molar-refractivity contribution in [2.75, 3.05) is 0 Å². The molecule has 0 aromatic heterocycles. The van der Waals surface area contributed by atoms with Crippen LogP contribution in [-0.2, 0) is 25.7 Å². The van der Waals surface area contributed by atoms with E-state index < -0.39 is 29.7 Å². The quantitative estimate of drug-likeness (QED) is 0.386. The predicted molar refractivity (Wildman–Crippen MR) is 115 cm³/mol. The van der Waals surface area contributed by atoms with E-state index in [9.17, 15) is 19.2 Å². The van der Waals surface area contributed by atoms with Crippen LogP contribution >= 0.6 is 0 Å². The van der Waals surface area contributed by atoms with E-state index in [0.717, 1.165) is 11.1 Å². The molecule has 0 unspecified atom stereocenters. The van der Waals surface area contributed by atoms with Crippen LogP contribution in [0.4, 0.5) is 0 Å². The molecule has 3 amide bonds. The van der Waals surface area contributed by atoms with E-state index in [1.165, 1.54) is 6.92 Å². The largest absolute Gasteiger partial charge is 0.350 e. The first-order valence-corrected chi connectivity index (χ1v) is 10.1. The molecule has 0 aliphatic rings. The third-order valence-electron chi connectivity index (χ3n) is 4.46. The van der Waals surface area contributed by atoms with Crippen molar-refractivity contribution in [1.29, 1.82) is 5.41 Å². The highest BCUT2D eigenvalue weighted by Crippen LogP contribution is 2.08. The topological polar surface area (TPSA) is 128 Å². The molecule has 0 radical (unpaired) electrons. The van der Waals surface area contributed by atoms with Gasteiger partial charge in [0.05, 0.1) is 6.21 Å². The average molecular weight is 417 g/mol. The minimum Gasteiger partial charge on any atom is -0.350 e. The van der Waals surface area contributed by atoms with Crippen LogP contribution in [0.3, 0.4) is 0 Å². The van der Waals surface area contributed by atoms with Crippen LogP contribution < -0.4 is 16.0 Å². The molecule has 0 saturated heterocycles. The number of amides is 3. The first-order chi connectivity index (χ1) is 14.1. The second kappa shape index (κ2) is 12.5. The van der Waals surface area contributed by atoms with Gasteiger partial charge in [-0.25, -0.2) is 0 Å². The Labute approximate surface area is 177 Å². The zero-order chi connectivity index (χ0) is 22.7. The van der Waals surface area contributed by atoms with Gasteiger partial charge in [0.2, 0.25) is 17.7 Å². The summed E-state index contributed by atoms with van der Waals surface area (Å²) >= 11 is 0. The van der Waals surface area contributed by atoms with Gasteiger partial charge in [0, 0.05) is 19.9 Å². The number of ketones is 1. The molecule has 164 valence electrons. The van der Waals surface area contributed by atoms with Crippen molar-refractivity contribution in [2.45, 2.75) is 65.6 Å². The number of rotatable bonds is 12. The first-order valence-electron chi connectivity index (χ1n) is 10.1. The summed E-state index contributed by atoms with van der Waals surface area (Å²) in [4.78, 5) is 48.4. The van der Waals surface area contributed by atoms with Gasteiger partial charge < -0.3 is 21.4 Å². The maximum Gasteiger partial charge on any atom is 0.243 e. The molecule has 1 aromatic carbocycles. The Morgan fingerprint density at radius 2 is 1.63 bits per heavy atom.